The van der Waals surface area contributed by atoms with E-state index < -0.39 is 0 Å². The third-order valence-electron chi connectivity index (χ3n) is 9.28. The molecule has 9 aromatic rings. The standard InChI is InChI=1S/C46H31NO/c1-2-13-38(14-3-1)47(43-18-8-6-15-40(43)41-17-10-20-45-46(41)42-16-7-9-19-44(42)48-45)39-29-27-34(28-30-39)33-21-23-35(24-22-33)37-26-25-32-11-4-5-12-36(32)31-37/h1-31H. The van der Waals surface area contributed by atoms with E-state index in [4.69, 9.17) is 4.42 Å². The number of hydrogen-bond donors (Lipinski definition) is 0. The first kappa shape index (κ1) is 27.9. The molecule has 2 heteroatoms. The minimum Gasteiger partial charge on any atom is -0.456 e. The smallest absolute Gasteiger partial charge is 0.136 e. The van der Waals surface area contributed by atoms with Crippen LogP contribution in [0.4, 0.5) is 17.1 Å². The minimum atomic E-state index is 0.894. The highest BCUT2D eigenvalue weighted by Gasteiger charge is 2.20. The van der Waals surface area contributed by atoms with Gasteiger partial charge in [0.25, 0.3) is 0 Å². The third kappa shape index (κ3) is 4.92. The molecule has 1 aromatic heterocycles. The molecule has 0 atom stereocenters. The summed E-state index contributed by atoms with van der Waals surface area (Å²) in [4.78, 5) is 2.35. The zero-order valence-corrected chi connectivity index (χ0v) is 26.3. The van der Waals surface area contributed by atoms with E-state index in [2.05, 4.69) is 181 Å². The Balaban J connectivity index is 1.11. The van der Waals surface area contributed by atoms with Gasteiger partial charge >= 0.3 is 0 Å². The highest BCUT2D eigenvalue weighted by molar-refractivity contribution is 6.13. The second-order valence-corrected chi connectivity index (χ2v) is 12.2. The summed E-state index contributed by atoms with van der Waals surface area (Å²) < 4.78 is 6.28. The van der Waals surface area contributed by atoms with E-state index in [1.54, 1.807) is 0 Å². The average Bonchev–Trinajstić information content (AvgIpc) is 3.55. The fourth-order valence-corrected chi connectivity index (χ4v) is 6.93. The van der Waals surface area contributed by atoms with Crippen LogP contribution in [0.5, 0.6) is 0 Å². The number of para-hydroxylation sites is 3. The van der Waals surface area contributed by atoms with Crippen LogP contribution in [0.1, 0.15) is 0 Å². The minimum absolute atomic E-state index is 0.894. The molecular weight excluding hydrogens is 583 g/mol. The first-order chi connectivity index (χ1) is 23.8. The van der Waals surface area contributed by atoms with Crippen LogP contribution in [0, 0.1) is 0 Å². The molecule has 226 valence electrons. The van der Waals surface area contributed by atoms with Crippen LogP contribution in [-0.2, 0) is 0 Å². The Morgan fingerprint density at radius 3 is 1.73 bits per heavy atom. The van der Waals surface area contributed by atoms with Crippen LogP contribution < -0.4 is 4.90 Å². The van der Waals surface area contributed by atoms with Crippen molar-refractivity contribution in [3.05, 3.63) is 188 Å². The van der Waals surface area contributed by atoms with Gasteiger partial charge in [-0.1, -0.05) is 140 Å². The van der Waals surface area contributed by atoms with Crippen LogP contribution in [0.15, 0.2) is 192 Å². The molecular formula is C46H31NO. The van der Waals surface area contributed by atoms with Crippen molar-refractivity contribution in [2.24, 2.45) is 0 Å². The molecule has 8 aromatic carbocycles. The Morgan fingerprint density at radius 2 is 0.917 bits per heavy atom. The monoisotopic (exact) mass is 613 g/mol. The fraction of sp³-hybridized carbons (Fsp3) is 0. The number of hydrogen-bond acceptors (Lipinski definition) is 2. The summed E-state index contributed by atoms with van der Waals surface area (Å²) in [7, 11) is 0. The molecule has 0 spiro atoms. The fourth-order valence-electron chi connectivity index (χ4n) is 6.93. The van der Waals surface area contributed by atoms with Crippen LogP contribution in [-0.4, -0.2) is 0 Å². The Hall–Kier alpha value is -6.38. The van der Waals surface area contributed by atoms with Crippen molar-refractivity contribution in [2.45, 2.75) is 0 Å². The van der Waals surface area contributed by atoms with Gasteiger partial charge < -0.3 is 9.32 Å². The van der Waals surface area contributed by atoms with Crippen LogP contribution in [0.2, 0.25) is 0 Å². The van der Waals surface area contributed by atoms with Gasteiger partial charge in [-0.05, 0) is 87.1 Å². The van der Waals surface area contributed by atoms with Crippen molar-refractivity contribution in [1.82, 2.24) is 0 Å². The molecule has 0 radical (unpaired) electrons. The maximum Gasteiger partial charge on any atom is 0.136 e. The highest BCUT2D eigenvalue weighted by atomic mass is 16.3. The van der Waals surface area contributed by atoms with Gasteiger partial charge in [-0.25, -0.2) is 0 Å². The van der Waals surface area contributed by atoms with E-state index in [1.807, 2.05) is 12.1 Å². The van der Waals surface area contributed by atoms with E-state index in [9.17, 15) is 0 Å². The van der Waals surface area contributed by atoms with Gasteiger partial charge in [0, 0.05) is 27.7 Å². The van der Waals surface area contributed by atoms with Gasteiger partial charge in [0.1, 0.15) is 11.2 Å². The molecule has 1 heterocycles. The van der Waals surface area contributed by atoms with Gasteiger partial charge in [0.2, 0.25) is 0 Å². The number of fused-ring (bicyclic) bond motifs is 4. The predicted molar refractivity (Wildman–Crippen MR) is 202 cm³/mol. The zero-order chi connectivity index (χ0) is 31.9. The summed E-state index contributed by atoms with van der Waals surface area (Å²) in [5.74, 6) is 0. The van der Waals surface area contributed by atoms with Gasteiger partial charge in [-0.2, -0.15) is 0 Å². The summed E-state index contributed by atoms with van der Waals surface area (Å²) in [6.07, 6.45) is 0. The average molecular weight is 614 g/mol. The predicted octanol–water partition coefficient (Wildman–Crippen LogP) is 13.2. The maximum absolute atomic E-state index is 6.28. The molecule has 0 amide bonds. The normalized spacial score (nSPS) is 11.3. The lowest BCUT2D eigenvalue weighted by atomic mass is 9.96. The van der Waals surface area contributed by atoms with Gasteiger partial charge in [-0.15, -0.1) is 0 Å². The van der Waals surface area contributed by atoms with E-state index in [-0.39, 0.29) is 0 Å². The molecule has 48 heavy (non-hydrogen) atoms. The number of rotatable bonds is 6. The molecule has 2 nitrogen and oxygen atoms in total. The lowest BCUT2D eigenvalue weighted by Crippen LogP contribution is -2.11. The molecule has 9 rings (SSSR count). The van der Waals surface area contributed by atoms with Crippen LogP contribution >= 0.6 is 0 Å². The maximum atomic E-state index is 6.28. The summed E-state index contributed by atoms with van der Waals surface area (Å²) in [5.41, 5.74) is 12.2. The SMILES string of the molecule is c1ccc(N(c2ccc(-c3ccc(-c4ccc5ccccc5c4)cc3)cc2)c2ccccc2-c2cccc3oc4ccccc4c23)cc1. The van der Waals surface area contributed by atoms with Gasteiger partial charge in [0.15, 0.2) is 0 Å². The quantitative estimate of drug-likeness (QED) is 0.185. The van der Waals surface area contributed by atoms with Gasteiger partial charge in [0.05, 0.1) is 5.69 Å². The molecule has 0 saturated carbocycles. The molecule has 0 N–H and O–H groups in total. The first-order valence-electron chi connectivity index (χ1n) is 16.3. The van der Waals surface area contributed by atoms with E-state index >= 15 is 0 Å². The molecule has 0 aliphatic carbocycles. The van der Waals surface area contributed by atoms with Crippen LogP contribution in [0.25, 0.3) is 66.1 Å². The van der Waals surface area contributed by atoms with Crippen molar-refractivity contribution in [3.63, 3.8) is 0 Å². The largest absolute Gasteiger partial charge is 0.456 e. The Morgan fingerprint density at radius 1 is 0.354 bits per heavy atom. The zero-order valence-electron chi connectivity index (χ0n) is 26.3. The first-order valence-corrected chi connectivity index (χ1v) is 16.3. The Labute approximate surface area is 279 Å². The van der Waals surface area contributed by atoms with Crippen molar-refractivity contribution >= 4 is 49.8 Å². The molecule has 0 unspecified atom stereocenters. The van der Waals surface area contributed by atoms with Crippen molar-refractivity contribution in [3.8, 4) is 33.4 Å². The third-order valence-corrected chi connectivity index (χ3v) is 9.28. The second kappa shape index (κ2) is 11.8. The topological polar surface area (TPSA) is 16.4 Å². The molecule has 0 aliphatic rings. The summed E-state index contributed by atoms with van der Waals surface area (Å²) >= 11 is 0. The summed E-state index contributed by atoms with van der Waals surface area (Å²) in [6.45, 7) is 0. The van der Waals surface area contributed by atoms with E-state index in [1.165, 1.54) is 33.0 Å². The van der Waals surface area contributed by atoms with Gasteiger partial charge in [-0.3, -0.25) is 0 Å². The van der Waals surface area contributed by atoms with Crippen molar-refractivity contribution in [2.75, 3.05) is 4.90 Å². The number of anilines is 3. The van der Waals surface area contributed by atoms with Crippen molar-refractivity contribution in [1.29, 1.82) is 0 Å². The van der Waals surface area contributed by atoms with E-state index in [0.29, 0.717) is 0 Å². The number of benzene rings is 8. The summed E-state index contributed by atoms with van der Waals surface area (Å²) in [5, 5.41) is 4.78. The lowest BCUT2D eigenvalue weighted by molar-refractivity contribution is 0.669. The molecule has 0 aliphatic heterocycles. The Bertz CT molecular complexity index is 2540. The number of nitrogens with zero attached hydrogens (tertiary/aromatic N) is 1. The lowest BCUT2D eigenvalue weighted by Gasteiger charge is -2.28. The molecule has 0 fully saturated rings. The summed E-state index contributed by atoms with van der Waals surface area (Å²) in [6, 6.07) is 66.9. The highest BCUT2D eigenvalue weighted by Crippen LogP contribution is 2.44. The van der Waals surface area contributed by atoms with Crippen molar-refractivity contribution < 1.29 is 4.42 Å². The molecule has 0 bridgehead atoms. The van der Waals surface area contributed by atoms with E-state index in [0.717, 1.165) is 50.1 Å². The second-order valence-electron chi connectivity index (χ2n) is 12.2. The molecule has 0 saturated heterocycles. The van der Waals surface area contributed by atoms with Crippen LogP contribution in [0.3, 0.4) is 0 Å². The Kier molecular flexibility index (Phi) is 6.84. The number of furan rings is 1.